The van der Waals surface area contributed by atoms with Crippen molar-refractivity contribution in [3.05, 3.63) is 68.6 Å². The van der Waals surface area contributed by atoms with Crippen LogP contribution in [0.5, 0.6) is 0 Å². The minimum absolute atomic E-state index is 0.207. The first kappa shape index (κ1) is 19.2. The summed E-state index contributed by atoms with van der Waals surface area (Å²) in [5.41, 5.74) is 1.79. The van der Waals surface area contributed by atoms with Crippen LogP contribution >= 0.6 is 22.7 Å². The zero-order chi connectivity index (χ0) is 19.7. The molecule has 28 heavy (non-hydrogen) atoms. The van der Waals surface area contributed by atoms with Crippen molar-refractivity contribution < 1.29 is 17.6 Å². The normalized spacial score (nSPS) is 14.6. The summed E-state index contributed by atoms with van der Waals surface area (Å²) in [6, 6.07) is 7.35. The summed E-state index contributed by atoms with van der Waals surface area (Å²) in [6.45, 7) is 0.519. The van der Waals surface area contributed by atoms with Gasteiger partial charge in [-0.3, -0.25) is 10.1 Å². The number of carbonyl (C=O) groups is 1. The quantitative estimate of drug-likeness (QED) is 0.663. The molecule has 1 aromatic carbocycles. The van der Waals surface area contributed by atoms with Crippen molar-refractivity contribution >= 4 is 43.7 Å². The van der Waals surface area contributed by atoms with E-state index < -0.39 is 15.8 Å². The second-order valence-corrected chi connectivity index (χ2v) is 10.2. The molecule has 4 rings (SSSR count). The summed E-state index contributed by atoms with van der Waals surface area (Å²) < 4.78 is 40.2. The van der Waals surface area contributed by atoms with Gasteiger partial charge in [0.05, 0.1) is 17.0 Å². The fourth-order valence-electron chi connectivity index (χ4n) is 2.95. The molecule has 0 saturated carbocycles. The number of nitrogens with one attached hydrogen (secondary N) is 1. The number of sulfonamides is 1. The van der Waals surface area contributed by atoms with Crippen molar-refractivity contribution in [2.75, 3.05) is 11.9 Å². The third-order valence-corrected chi connectivity index (χ3v) is 7.81. The molecule has 0 unspecified atom stereocenters. The standard InChI is InChI=1S/C18H16FN3O3S3/c19-14-3-1-2-12(8-14)11-28(24,25)22-6-4-15-16(9-22)27-18(20-15)21-17(23)13-5-7-26-10-13/h1-3,5,7-8,10H,4,6,9,11H2,(H,20,21,23). The van der Waals surface area contributed by atoms with Gasteiger partial charge in [-0.25, -0.2) is 17.8 Å². The van der Waals surface area contributed by atoms with Gasteiger partial charge in [-0.15, -0.1) is 11.3 Å². The lowest BCUT2D eigenvalue weighted by Gasteiger charge is -2.25. The van der Waals surface area contributed by atoms with Gasteiger partial charge < -0.3 is 0 Å². The average Bonchev–Trinajstić information content (AvgIpc) is 3.30. The second kappa shape index (κ2) is 7.70. The Labute approximate surface area is 169 Å². The van der Waals surface area contributed by atoms with Gasteiger partial charge >= 0.3 is 0 Å². The van der Waals surface area contributed by atoms with Gasteiger partial charge in [0.1, 0.15) is 5.82 Å². The van der Waals surface area contributed by atoms with E-state index in [1.807, 2.05) is 5.38 Å². The minimum atomic E-state index is -3.59. The summed E-state index contributed by atoms with van der Waals surface area (Å²) in [5.74, 6) is -0.939. The number of rotatable bonds is 5. The van der Waals surface area contributed by atoms with Crippen LogP contribution in [0.15, 0.2) is 41.1 Å². The number of fused-ring (bicyclic) bond motifs is 1. The molecule has 0 saturated heterocycles. The van der Waals surface area contributed by atoms with E-state index in [2.05, 4.69) is 10.3 Å². The van der Waals surface area contributed by atoms with Crippen molar-refractivity contribution in [2.24, 2.45) is 0 Å². The van der Waals surface area contributed by atoms with E-state index in [0.29, 0.717) is 29.2 Å². The highest BCUT2D eigenvalue weighted by atomic mass is 32.2. The highest BCUT2D eigenvalue weighted by Gasteiger charge is 2.29. The van der Waals surface area contributed by atoms with Crippen LogP contribution in [0, 0.1) is 5.82 Å². The van der Waals surface area contributed by atoms with Gasteiger partial charge in [-0.2, -0.15) is 15.6 Å². The van der Waals surface area contributed by atoms with Crippen LogP contribution in [-0.4, -0.2) is 30.2 Å². The first-order valence-corrected chi connectivity index (χ1v) is 11.8. The van der Waals surface area contributed by atoms with Gasteiger partial charge in [0, 0.05) is 29.8 Å². The summed E-state index contributed by atoms with van der Waals surface area (Å²) in [4.78, 5) is 17.4. The maximum absolute atomic E-state index is 13.3. The van der Waals surface area contributed by atoms with Gasteiger partial charge in [-0.1, -0.05) is 12.1 Å². The largest absolute Gasteiger partial charge is 0.298 e. The molecule has 1 aliphatic heterocycles. The van der Waals surface area contributed by atoms with Crippen LogP contribution in [0.25, 0.3) is 0 Å². The molecule has 3 heterocycles. The Bertz CT molecular complexity index is 1110. The lowest BCUT2D eigenvalue weighted by molar-refractivity contribution is 0.102. The zero-order valence-electron chi connectivity index (χ0n) is 14.6. The number of anilines is 1. The van der Waals surface area contributed by atoms with Gasteiger partial charge in [0.25, 0.3) is 5.91 Å². The number of benzene rings is 1. The first-order valence-electron chi connectivity index (χ1n) is 8.45. The zero-order valence-corrected chi connectivity index (χ0v) is 17.0. The molecule has 1 aliphatic rings. The highest BCUT2D eigenvalue weighted by molar-refractivity contribution is 7.88. The molecule has 3 aromatic rings. The second-order valence-electron chi connectivity index (χ2n) is 6.32. The smallest absolute Gasteiger partial charge is 0.258 e. The molecule has 2 aromatic heterocycles. The molecule has 0 bridgehead atoms. The molecule has 0 fully saturated rings. The van der Waals surface area contributed by atoms with E-state index in [4.69, 9.17) is 0 Å². The molecule has 10 heteroatoms. The Balaban J connectivity index is 1.47. The van der Waals surface area contributed by atoms with Crippen molar-refractivity contribution in [3.63, 3.8) is 0 Å². The van der Waals surface area contributed by atoms with Crippen LogP contribution in [0.1, 0.15) is 26.5 Å². The average molecular weight is 438 g/mol. The number of thiazole rings is 1. The molecule has 0 spiro atoms. The molecule has 0 radical (unpaired) electrons. The number of carbonyl (C=O) groups excluding carboxylic acids is 1. The lowest BCUT2D eigenvalue weighted by atomic mass is 10.2. The number of nitrogens with zero attached hydrogens (tertiary/aromatic N) is 2. The molecule has 0 atom stereocenters. The predicted octanol–water partition coefficient (Wildman–Crippen LogP) is 3.48. The topological polar surface area (TPSA) is 79.4 Å². The number of halogens is 1. The molecule has 1 N–H and O–H groups in total. The molecule has 6 nitrogen and oxygen atoms in total. The van der Waals surface area contributed by atoms with E-state index in [9.17, 15) is 17.6 Å². The molecule has 0 aliphatic carbocycles. The Hall–Kier alpha value is -2.14. The van der Waals surface area contributed by atoms with E-state index >= 15 is 0 Å². The first-order chi connectivity index (χ1) is 13.4. The SMILES string of the molecule is O=C(Nc1nc2c(s1)CN(S(=O)(=O)Cc1cccc(F)c1)CC2)c1ccsc1. The van der Waals surface area contributed by atoms with Gasteiger partial charge in [-0.05, 0) is 29.1 Å². The minimum Gasteiger partial charge on any atom is -0.298 e. The maximum Gasteiger partial charge on any atom is 0.258 e. The van der Waals surface area contributed by atoms with Crippen molar-refractivity contribution in [1.29, 1.82) is 0 Å². The monoisotopic (exact) mass is 437 g/mol. The molecular formula is C18H16FN3O3S3. The van der Waals surface area contributed by atoms with Crippen LogP contribution in [0.3, 0.4) is 0 Å². The molecule has 146 valence electrons. The van der Waals surface area contributed by atoms with E-state index in [1.165, 1.54) is 45.2 Å². The third kappa shape index (κ3) is 4.14. The summed E-state index contributed by atoms with van der Waals surface area (Å²) in [5, 5.41) is 6.81. The van der Waals surface area contributed by atoms with Gasteiger partial charge in [0.2, 0.25) is 10.0 Å². The summed E-state index contributed by atoms with van der Waals surface area (Å²) >= 11 is 2.72. The number of hydrogen-bond donors (Lipinski definition) is 1. The Morgan fingerprint density at radius 1 is 1.32 bits per heavy atom. The Morgan fingerprint density at radius 3 is 2.93 bits per heavy atom. The van der Waals surface area contributed by atoms with E-state index in [0.717, 1.165) is 10.6 Å². The number of aromatic nitrogens is 1. The molecule has 1 amide bonds. The van der Waals surface area contributed by atoms with Crippen molar-refractivity contribution in [3.8, 4) is 0 Å². The summed E-state index contributed by atoms with van der Waals surface area (Å²) in [6.07, 6.45) is 0.475. The van der Waals surface area contributed by atoms with E-state index in [1.54, 1.807) is 17.5 Å². The summed E-state index contributed by atoms with van der Waals surface area (Å²) in [7, 11) is -3.59. The van der Waals surface area contributed by atoms with Gasteiger partial charge in [0.15, 0.2) is 5.13 Å². The van der Waals surface area contributed by atoms with Crippen LogP contribution < -0.4 is 5.32 Å². The van der Waals surface area contributed by atoms with Crippen LogP contribution in [0.2, 0.25) is 0 Å². The fraction of sp³-hybridized carbons (Fsp3) is 0.222. The van der Waals surface area contributed by atoms with Crippen LogP contribution in [0.4, 0.5) is 9.52 Å². The maximum atomic E-state index is 13.3. The third-order valence-electron chi connectivity index (χ3n) is 4.33. The Morgan fingerprint density at radius 2 is 2.18 bits per heavy atom. The fourth-order valence-corrected chi connectivity index (χ4v) is 6.17. The number of thiophene rings is 1. The highest BCUT2D eigenvalue weighted by Crippen LogP contribution is 2.30. The van der Waals surface area contributed by atoms with Crippen LogP contribution in [-0.2, 0) is 28.7 Å². The van der Waals surface area contributed by atoms with Crippen molar-refractivity contribution in [1.82, 2.24) is 9.29 Å². The Kier molecular flexibility index (Phi) is 5.28. The number of hydrogen-bond acceptors (Lipinski definition) is 6. The van der Waals surface area contributed by atoms with Crippen molar-refractivity contribution in [2.45, 2.75) is 18.7 Å². The van der Waals surface area contributed by atoms with E-state index in [-0.39, 0.29) is 18.2 Å². The predicted molar refractivity (Wildman–Crippen MR) is 108 cm³/mol. The number of amides is 1. The molecular weight excluding hydrogens is 421 g/mol. The lowest BCUT2D eigenvalue weighted by Crippen LogP contribution is -2.36.